The molecule has 21 heavy (non-hydrogen) atoms. The van der Waals surface area contributed by atoms with Gasteiger partial charge in [0.25, 0.3) is 5.91 Å². The van der Waals surface area contributed by atoms with Crippen molar-refractivity contribution in [3.05, 3.63) is 17.7 Å². The molecule has 0 aliphatic rings. The van der Waals surface area contributed by atoms with Crippen molar-refractivity contribution in [2.24, 2.45) is 0 Å². The fourth-order valence-electron chi connectivity index (χ4n) is 2.01. The lowest BCUT2D eigenvalue weighted by molar-refractivity contribution is 0.0792. The average molecular weight is 296 g/mol. The second kappa shape index (κ2) is 8.36. The van der Waals surface area contributed by atoms with E-state index in [9.17, 15) is 4.79 Å². The van der Waals surface area contributed by atoms with Crippen molar-refractivity contribution in [3.8, 4) is 11.5 Å². The summed E-state index contributed by atoms with van der Waals surface area (Å²) in [5.41, 5.74) is 6.65. The number of hydrogen-bond acceptors (Lipinski definition) is 5. The minimum atomic E-state index is -0.173. The van der Waals surface area contributed by atoms with E-state index in [1.54, 1.807) is 24.1 Å². The highest BCUT2D eigenvalue weighted by Gasteiger charge is 2.19. The summed E-state index contributed by atoms with van der Waals surface area (Å²) in [7, 11) is 4.75. The van der Waals surface area contributed by atoms with E-state index < -0.39 is 0 Å². The van der Waals surface area contributed by atoms with Crippen molar-refractivity contribution in [1.29, 1.82) is 0 Å². The largest absolute Gasteiger partial charge is 0.497 e. The number of nitrogens with zero attached hydrogens (tertiary/aromatic N) is 1. The summed E-state index contributed by atoms with van der Waals surface area (Å²) in [6, 6.07) is 3.26. The molecule has 0 saturated carbocycles. The van der Waals surface area contributed by atoms with Crippen LogP contribution in [0.4, 0.5) is 5.69 Å². The lowest BCUT2D eigenvalue weighted by atomic mass is 10.1. The Morgan fingerprint density at radius 3 is 2.52 bits per heavy atom. The zero-order chi connectivity index (χ0) is 15.8. The molecule has 0 radical (unpaired) electrons. The van der Waals surface area contributed by atoms with Crippen LogP contribution >= 0.6 is 0 Å². The third-order valence-corrected chi connectivity index (χ3v) is 3.30. The number of carbonyl (C=O) groups is 1. The molecule has 0 atom stereocenters. The van der Waals surface area contributed by atoms with E-state index in [-0.39, 0.29) is 12.5 Å². The van der Waals surface area contributed by atoms with E-state index in [0.717, 1.165) is 19.3 Å². The van der Waals surface area contributed by atoms with Crippen LogP contribution in [0.5, 0.6) is 11.5 Å². The first-order valence-electron chi connectivity index (χ1n) is 6.93. The Balaban J connectivity index is 2.85. The zero-order valence-electron chi connectivity index (χ0n) is 12.9. The number of aliphatic hydroxyl groups is 1. The van der Waals surface area contributed by atoms with Crippen molar-refractivity contribution in [1.82, 2.24) is 4.90 Å². The van der Waals surface area contributed by atoms with Crippen LogP contribution in [0.15, 0.2) is 12.1 Å². The molecular weight excluding hydrogens is 272 g/mol. The second-order valence-corrected chi connectivity index (χ2v) is 4.80. The first-order valence-corrected chi connectivity index (χ1v) is 6.93. The first kappa shape index (κ1) is 17.1. The minimum Gasteiger partial charge on any atom is -0.497 e. The molecule has 6 nitrogen and oxygen atoms in total. The highest BCUT2D eigenvalue weighted by molar-refractivity contribution is 6.00. The number of rotatable bonds is 8. The monoisotopic (exact) mass is 296 g/mol. The molecule has 1 aromatic rings. The number of carbonyl (C=O) groups excluding carboxylic acids is 1. The van der Waals surface area contributed by atoms with Gasteiger partial charge in [0.05, 0.1) is 25.5 Å². The van der Waals surface area contributed by atoms with Gasteiger partial charge in [-0.3, -0.25) is 4.79 Å². The summed E-state index contributed by atoms with van der Waals surface area (Å²) in [5.74, 6) is 0.776. The van der Waals surface area contributed by atoms with E-state index >= 15 is 0 Å². The highest BCUT2D eigenvalue weighted by atomic mass is 16.5. The summed E-state index contributed by atoms with van der Waals surface area (Å²) in [6.45, 7) is 0.787. The van der Waals surface area contributed by atoms with Crippen molar-refractivity contribution >= 4 is 11.6 Å². The molecular formula is C15H24N2O4. The van der Waals surface area contributed by atoms with Gasteiger partial charge < -0.3 is 25.2 Å². The van der Waals surface area contributed by atoms with E-state index in [0.29, 0.717) is 29.3 Å². The number of hydrogen-bond donors (Lipinski definition) is 2. The maximum atomic E-state index is 12.5. The van der Waals surface area contributed by atoms with Gasteiger partial charge in [0.2, 0.25) is 0 Å². The molecule has 118 valence electrons. The summed E-state index contributed by atoms with van der Waals surface area (Å²) >= 11 is 0. The van der Waals surface area contributed by atoms with Gasteiger partial charge in [0.15, 0.2) is 0 Å². The second-order valence-electron chi connectivity index (χ2n) is 4.80. The molecule has 1 aromatic carbocycles. The maximum Gasteiger partial charge on any atom is 0.255 e. The zero-order valence-corrected chi connectivity index (χ0v) is 12.9. The van der Waals surface area contributed by atoms with Crippen molar-refractivity contribution in [2.45, 2.75) is 19.3 Å². The Hall–Kier alpha value is -1.95. The predicted octanol–water partition coefficient (Wildman–Crippen LogP) is 1.52. The third-order valence-electron chi connectivity index (χ3n) is 3.30. The molecule has 0 aliphatic heterocycles. The number of amides is 1. The van der Waals surface area contributed by atoms with Crippen LogP contribution in [-0.4, -0.2) is 50.3 Å². The van der Waals surface area contributed by atoms with Crippen LogP contribution in [0.3, 0.4) is 0 Å². The number of aliphatic hydroxyl groups excluding tert-OH is 1. The maximum absolute atomic E-state index is 12.5. The van der Waals surface area contributed by atoms with Gasteiger partial charge >= 0.3 is 0 Å². The molecule has 0 unspecified atom stereocenters. The standard InChI is InChI=1S/C15H24N2O4/c1-17(7-5-4-6-8-18)15(19)12-9-11(20-2)10-13(21-3)14(12)16/h9-10,18H,4-8,16H2,1-3H3. The molecule has 6 heteroatoms. The minimum absolute atomic E-state index is 0.173. The van der Waals surface area contributed by atoms with Gasteiger partial charge in [0.1, 0.15) is 11.5 Å². The third kappa shape index (κ3) is 4.53. The molecule has 0 aromatic heterocycles. The van der Waals surface area contributed by atoms with Crippen LogP contribution in [-0.2, 0) is 0 Å². The Kier molecular flexibility index (Phi) is 6.81. The summed E-state index contributed by atoms with van der Waals surface area (Å²) in [5, 5.41) is 8.75. The van der Waals surface area contributed by atoms with Crippen LogP contribution in [0, 0.1) is 0 Å². The van der Waals surface area contributed by atoms with Crippen LogP contribution < -0.4 is 15.2 Å². The SMILES string of the molecule is COc1cc(OC)c(N)c(C(=O)N(C)CCCCCO)c1. The quantitative estimate of drug-likeness (QED) is 0.561. The molecule has 0 saturated heterocycles. The number of nitrogens with two attached hydrogens (primary N) is 1. The molecule has 3 N–H and O–H groups in total. The highest BCUT2D eigenvalue weighted by Crippen LogP contribution is 2.31. The molecule has 1 rings (SSSR count). The Bertz CT molecular complexity index is 477. The van der Waals surface area contributed by atoms with Crippen molar-refractivity contribution in [3.63, 3.8) is 0 Å². The molecule has 0 fully saturated rings. The fourth-order valence-corrected chi connectivity index (χ4v) is 2.01. The number of unbranched alkanes of at least 4 members (excludes halogenated alkanes) is 2. The van der Waals surface area contributed by atoms with Gasteiger partial charge in [-0.2, -0.15) is 0 Å². The van der Waals surface area contributed by atoms with Crippen molar-refractivity contribution in [2.75, 3.05) is 40.2 Å². The molecule has 0 aliphatic carbocycles. The van der Waals surface area contributed by atoms with Crippen molar-refractivity contribution < 1.29 is 19.4 Å². The van der Waals surface area contributed by atoms with Gasteiger partial charge in [-0.25, -0.2) is 0 Å². The number of anilines is 1. The summed E-state index contributed by atoms with van der Waals surface area (Å²) in [6.07, 6.45) is 2.46. The van der Waals surface area contributed by atoms with E-state index in [4.69, 9.17) is 20.3 Å². The van der Waals surface area contributed by atoms with Crippen LogP contribution in [0.25, 0.3) is 0 Å². The molecule has 0 heterocycles. The first-order chi connectivity index (χ1) is 10.0. The van der Waals surface area contributed by atoms with E-state index in [1.807, 2.05) is 0 Å². The van der Waals surface area contributed by atoms with Crippen LogP contribution in [0.2, 0.25) is 0 Å². The Labute approximate surface area is 125 Å². The number of nitrogen functional groups attached to an aromatic ring is 1. The molecule has 0 spiro atoms. The van der Waals surface area contributed by atoms with Gasteiger partial charge in [-0.15, -0.1) is 0 Å². The lowest BCUT2D eigenvalue weighted by Crippen LogP contribution is -2.28. The fraction of sp³-hybridized carbons (Fsp3) is 0.533. The number of methoxy groups -OCH3 is 2. The smallest absolute Gasteiger partial charge is 0.255 e. The summed E-state index contributed by atoms with van der Waals surface area (Å²) < 4.78 is 10.3. The van der Waals surface area contributed by atoms with E-state index in [2.05, 4.69) is 0 Å². The average Bonchev–Trinajstić information content (AvgIpc) is 2.50. The predicted molar refractivity (Wildman–Crippen MR) is 81.9 cm³/mol. The topological polar surface area (TPSA) is 85.0 Å². The number of benzene rings is 1. The van der Waals surface area contributed by atoms with Gasteiger partial charge in [-0.05, 0) is 25.3 Å². The van der Waals surface area contributed by atoms with Gasteiger partial charge in [-0.1, -0.05) is 0 Å². The summed E-state index contributed by atoms with van der Waals surface area (Å²) in [4.78, 5) is 14.1. The van der Waals surface area contributed by atoms with Gasteiger partial charge in [0, 0.05) is 26.3 Å². The molecule has 0 bridgehead atoms. The Morgan fingerprint density at radius 1 is 1.24 bits per heavy atom. The molecule has 1 amide bonds. The normalized spacial score (nSPS) is 10.3. The lowest BCUT2D eigenvalue weighted by Gasteiger charge is -2.19. The number of ether oxygens (including phenoxy) is 2. The Morgan fingerprint density at radius 2 is 1.95 bits per heavy atom. The van der Waals surface area contributed by atoms with E-state index in [1.165, 1.54) is 14.2 Å². The van der Waals surface area contributed by atoms with Crippen LogP contribution in [0.1, 0.15) is 29.6 Å².